The lowest BCUT2D eigenvalue weighted by Gasteiger charge is -2.26. The van der Waals surface area contributed by atoms with Gasteiger partial charge in [0.1, 0.15) is 5.76 Å². The highest BCUT2D eigenvalue weighted by Gasteiger charge is 2.16. The van der Waals surface area contributed by atoms with Gasteiger partial charge in [0.25, 0.3) is 5.91 Å². The molecule has 0 radical (unpaired) electrons. The minimum atomic E-state index is -0.462. The Morgan fingerprint density at radius 1 is 1.03 bits per heavy atom. The fourth-order valence-corrected chi connectivity index (χ4v) is 3.92. The number of anilines is 1. The fraction of sp³-hybridized carbons (Fsp3) is 0.217. The molecule has 1 saturated heterocycles. The number of ether oxygens (including phenoxy) is 1. The Labute approximate surface area is 201 Å². The van der Waals surface area contributed by atoms with E-state index in [0.29, 0.717) is 21.4 Å². The number of hydrogen-bond donors (Lipinski definition) is 2. The second-order valence-corrected chi connectivity index (χ2v) is 8.53. The van der Waals surface area contributed by atoms with Crippen molar-refractivity contribution in [3.05, 3.63) is 76.0 Å². The molecule has 0 aliphatic carbocycles. The molecule has 0 saturated carbocycles. The highest BCUT2D eigenvalue weighted by atomic mass is 35.5. The number of nitrogens with one attached hydrogen (secondary N) is 2. The van der Waals surface area contributed by atoms with E-state index in [4.69, 9.17) is 44.6 Å². The van der Waals surface area contributed by atoms with Crippen LogP contribution in [0.15, 0.2) is 59.0 Å². The molecule has 3 aromatic rings. The van der Waals surface area contributed by atoms with Gasteiger partial charge in [-0.15, -0.1) is 0 Å². The summed E-state index contributed by atoms with van der Waals surface area (Å²) in [5.41, 5.74) is 2.60. The molecule has 2 aromatic carbocycles. The SMILES string of the molecule is O=C(NC(=S)Nc1ccc(CN2CCOCC2)cc1)c1ccc(-c2cc(Cl)ccc2Cl)o1. The Balaban J connectivity index is 1.32. The van der Waals surface area contributed by atoms with Crippen molar-refractivity contribution in [3.63, 3.8) is 0 Å². The first-order chi connectivity index (χ1) is 15.5. The number of morpholine rings is 1. The molecule has 1 aliphatic rings. The number of halogens is 2. The van der Waals surface area contributed by atoms with E-state index in [1.165, 1.54) is 5.56 Å². The number of carbonyl (C=O) groups excluding carboxylic acids is 1. The van der Waals surface area contributed by atoms with Crippen LogP contribution >= 0.6 is 35.4 Å². The van der Waals surface area contributed by atoms with Gasteiger partial charge in [-0.1, -0.05) is 35.3 Å². The third-order valence-corrected chi connectivity index (χ3v) is 5.74. The number of hydrogen-bond acceptors (Lipinski definition) is 5. The Bertz CT molecular complexity index is 1110. The molecule has 1 aliphatic heterocycles. The highest BCUT2D eigenvalue weighted by Crippen LogP contribution is 2.31. The average molecular weight is 490 g/mol. The largest absolute Gasteiger partial charge is 0.451 e. The van der Waals surface area contributed by atoms with E-state index in [1.807, 2.05) is 24.3 Å². The van der Waals surface area contributed by atoms with Crippen LogP contribution in [-0.4, -0.2) is 42.2 Å². The third-order valence-electron chi connectivity index (χ3n) is 4.97. The van der Waals surface area contributed by atoms with Gasteiger partial charge in [0.05, 0.1) is 18.2 Å². The monoisotopic (exact) mass is 489 g/mol. The molecule has 2 N–H and O–H groups in total. The number of carbonyl (C=O) groups is 1. The van der Waals surface area contributed by atoms with E-state index in [-0.39, 0.29) is 10.9 Å². The summed E-state index contributed by atoms with van der Waals surface area (Å²) in [6.45, 7) is 4.30. The van der Waals surface area contributed by atoms with Crippen molar-refractivity contribution in [2.24, 2.45) is 0 Å². The van der Waals surface area contributed by atoms with Crippen molar-refractivity contribution in [2.45, 2.75) is 6.54 Å². The lowest BCUT2D eigenvalue weighted by molar-refractivity contribution is 0.0342. The topological polar surface area (TPSA) is 66.7 Å². The quantitative estimate of drug-likeness (QED) is 0.479. The van der Waals surface area contributed by atoms with Crippen LogP contribution in [-0.2, 0) is 11.3 Å². The van der Waals surface area contributed by atoms with Crippen molar-refractivity contribution in [1.29, 1.82) is 0 Å². The summed E-state index contributed by atoms with van der Waals surface area (Å²) in [4.78, 5) is 14.9. The van der Waals surface area contributed by atoms with Gasteiger partial charge < -0.3 is 14.5 Å². The van der Waals surface area contributed by atoms with E-state index < -0.39 is 5.91 Å². The first-order valence-electron chi connectivity index (χ1n) is 10.0. The maximum atomic E-state index is 12.5. The molecule has 1 amide bonds. The first kappa shape index (κ1) is 22.8. The maximum absolute atomic E-state index is 12.5. The number of rotatable bonds is 5. The maximum Gasteiger partial charge on any atom is 0.293 e. The third kappa shape index (κ3) is 5.88. The second kappa shape index (κ2) is 10.5. The van der Waals surface area contributed by atoms with E-state index >= 15 is 0 Å². The molecule has 6 nitrogen and oxygen atoms in total. The lowest BCUT2D eigenvalue weighted by Crippen LogP contribution is -2.35. The predicted molar refractivity (Wildman–Crippen MR) is 130 cm³/mol. The molecule has 1 aromatic heterocycles. The van der Waals surface area contributed by atoms with E-state index in [2.05, 4.69) is 15.5 Å². The van der Waals surface area contributed by atoms with Crippen molar-refractivity contribution in [2.75, 3.05) is 31.6 Å². The number of nitrogens with zero attached hydrogens (tertiary/aromatic N) is 1. The summed E-state index contributed by atoms with van der Waals surface area (Å²) in [7, 11) is 0. The van der Waals surface area contributed by atoms with Gasteiger partial charge in [-0.05, 0) is 60.2 Å². The summed E-state index contributed by atoms with van der Waals surface area (Å²) < 4.78 is 11.0. The van der Waals surface area contributed by atoms with Gasteiger partial charge in [-0.2, -0.15) is 0 Å². The fourth-order valence-electron chi connectivity index (χ4n) is 3.33. The number of benzene rings is 2. The van der Waals surface area contributed by atoms with Crippen LogP contribution in [0.4, 0.5) is 5.69 Å². The van der Waals surface area contributed by atoms with Crippen molar-refractivity contribution in [3.8, 4) is 11.3 Å². The van der Waals surface area contributed by atoms with E-state index in [9.17, 15) is 4.79 Å². The van der Waals surface area contributed by atoms with Crippen molar-refractivity contribution >= 4 is 52.1 Å². The van der Waals surface area contributed by atoms with Crippen LogP contribution in [0, 0.1) is 0 Å². The smallest absolute Gasteiger partial charge is 0.293 e. The predicted octanol–water partition coefficient (Wildman–Crippen LogP) is 5.21. The first-order valence-corrected chi connectivity index (χ1v) is 11.2. The summed E-state index contributed by atoms with van der Waals surface area (Å²) in [5, 5.41) is 6.81. The minimum absolute atomic E-state index is 0.112. The van der Waals surface area contributed by atoms with Crippen LogP contribution in [0.1, 0.15) is 16.1 Å². The zero-order valence-electron chi connectivity index (χ0n) is 17.1. The van der Waals surface area contributed by atoms with Gasteiger partial charge in [-0.25, -0.2) is 0 Å². The Morgan fingerprint density at radius 3 is 2.53 bits per heavy atom. The van der Waals surface area contributed by atoms with Crippen LogP contribution < -0.4 is 10.6 Å². The van der Waals surface area contributed by atoms with Crippen LogP contribution in [0.5, 0.6) is 0 Å². The molecule has 0 atom stereocenters. The van der Waals surface area contributed by atoms with Gasteiger partial charge >= 0.3 is 0 Å². The molecule has 0 unspecified atom stereocenters. The lowest BCUT2D eigenvalue weighted by atomic mass is 10.2. The molecule has 4 rings (SSSR count). The van der Waals surface area contributed by atoms with Gasteiger partial charge in [0.2, 0.25) is 0 Å². The zero-order chi connectivity index (χ0) is 22.5. The molecular weight excluding hydrogens is 469 g/mol. The molecule has 0 spiro atoms. The molecule has 0 bridgehead atoms. The summed E-state index contributed by atoms with van der Waals surface area (Å²) >= 11 is 17.5. The minimum Gasteiger partial charge on any atom is -0.451 e. The van der Waals surface area contributed by atoms with Gasteiger partial charge in [-0.3, -0.25) is 15.0 Å². The van der Waals surface area contributed by atoms with Crippen LogP contribution in [0.3, 0.4) is 0 Å². The molecule has 166 valence electrons. The van der Waals surface area contributed by atoms with Gasteiger partial charge in [0, 0.05) is 35.9 Å². The van der Waals surface area contributed by atoms with E-state index in [0.717, 1.165) is 38.5 Å². The summed E-state index contributed by atoms with van der Waals surface area (Å²) in [5.74, 6) is 0.0919. The highest BCUT2D eigenvalue weighted by molar-refractivity contribution is 7.80. The number of furan rings is 1. The molecular formula is C23H21Cl2N3O3S. The van der Waals surface area contributed by atoms with Crippen LogP contribution in [0.2, 0.25) is 10.0 Å². The Hall–Kier alpha value is -2.42. The van der Waals surface area contributed by atoms with E-state index in [1.54, 1.807) is 30.3 Å². The van der Waals surface area contributed by atoms with Crippen molar-refractivity contribution < 1.29 is 13.9 Å². The molecule has 32 heavy (non-hydrogen) atoms. The molecule has 1 fully saturated rings. The average Bonchev–Trinajstić information content (AvgIpc) is 3.28. The molecule has 2 heterocycles. The summed E-state index contributed by atoms with van der Waals surface area (Å²) in [6.07, 6.45) is 0. The van der Waals surface area contributed by atoms with Gasteiger partial charge in [0.15, 0.2) is 10.9 Å². The normalized spacial score (nSPS) is 14.2. The number of amides is 1. The Morgan fingerprint density at radius 2 is 1.78 bits per heavy atom. The Kier molecular flexibility index (Phi) is 7.44. The molecule has 9 heteroatoms. The van der Waals surface area contributed by atoms with Crippen molar-refractivity contribution in [1.82, 2.24) is 10.2 Å². The number of thiocarbonyl (C=S) groups is 1. The standard InChI is InChI=1S/C23H21Cl2N3O3S/c24-16-3-6-19(25)18(13-16)20-7-8-21(31-20)22(29)27-23(32)26-17-4-1-15(2-5-17)14-28-9-11-30-12-10-28/h1-8,13H,9-12,14H2,(H2,26,27,29,32). The van der Waals surface area contributed by atoms with Crippen LogP contribution in [0.25, 0.3) is 11.3 Å². The zero-order valence-corrected chi connectivity index (χ0v) is 19.4. The summed E-state index contributed by atoms with van der Waals surface area (Å²) in [6, 6.07) is 16.2. The second-order valence-electron chi connectivity index (χ2n) is 7.28.